The number of aromatic amines is 1. The van der Waals surface area contributed by atoms with Gasteiger partial charge in [-0.25, -0.2) is 4.98 Å². The third-order valence-corrected chi connectivity index (χ3v) is 3.60. The molecule has 6 nitrogen and oxygen atoms in total. The van der Waals surface area contributed by atoms with Crippen molar-refractivity contribution in [3.8, 4) is 16.9 Å². The molecule has 102 valence electrons. The molecule has 2 aromatic carbocycles. The van der Waals surface area contributed by atoms with E-state index in [-0.39, 0.29) is 5.75 Å². The summed E-state index contributed by atoms with van der Waals surface area (Å²) in [4.78, 5) is 6.34. The molecule has 0 fully saturated rings. The maximum absolute atomic E-state index is 11.1. The third kappa shape index (κ3) is 2.02. The fourth-order valence-corrected chi connectivity index (χ4v) is 2.51. The molecule has 0 saturated carbocycles. The van der Waals surface area contributed by atoms with Crippen molar-refractivity contribution < 1.29 is 18.1 Å². The number of H-pyrrole nitrogens is 1. The number of fused-ring (bicyclic) bond motifs is 1. The lowest BCUT2D eigenvalue weighted by atomic mass is 10.0. The first kappa shape index (κ1) is 12.6. The summed E-state index contributed by atoms with van der Waals surface area (Å²) in [6.07, 6.45) is 0. The SMILES string of the molecule is O=S(=O)(O)c1nc2ccc(O)c(-c3ccccc3)c2[nH]1. The summed E-state index contributed by atoms with van der Waals surface area (Å²) in [5.41, 5.74) is 1.84. The minimum atomic E-state index is -4.42. The second kappa shape index (κ2) is 4.32. The van der Waals surface area contributed by atoms with Gasteiger partial charge in [-0.2, -0.15) is 8.42 Å². The quantitative estimate of drug-likeness (QED) is 0.628. The average Bonchev–Trinajstić information content (AvgIpc) is 2.83. The average molecular weight is 290 g/mol. The summed E-state index contributed by atoms with van der Waals surface area (Å²) in [5, 5.41) is 9.47. The molecule has 1 heterocycles. The van der Waals surface area contributed by atoms with Crippen LogP contribution in [0, 0.1) is 0 Å². The van der Waals surface area contributed by atoms with E-state index < -0.39 is 15.3 Å². The summed E-state index contributed by atoms with van der Waals surface area (Å²) in [5.74, 6) is -0.00534. The number of benzene rings is 2. The minimum Gasteiger partial charge on any atom is -0.507 e. The van der Waals surface area contributed by atoms with E-state index >= 15 is 0 Å². The molecule has 0 unspecified atom stereocenters. The Labute approximate surface area is 114 Å². The van der Waals surface area contributed by atoms with Gasteiger partial charge < -0.3 is 10.1 Å². The predicted molar refractivity (Wildman–Crippen MR) is 73.0 cm³/mol. The van der Waals surface area contributed by atoms with E-state index in [2.05, 4.69) is 9.97 Å². The number of imidazole rings is 1. The lowest BCUT2D eigenvalue weighted by Gasteiger charge is -2.05. The largest absolute Gasteiger partial charge is 0.507 e. The number of nitrogens with one attached hydrogen (secondary N) is 1. The van der Waals surface area contributed by atoms with Gasteiger partial charge in [-0.05, 0) is 17.7 Å². The van der Waals surface area contributed by atoms with Crippen LogP contribution in [0.1, 0.15) is 0 Å². The van der Waals surface area contributed by atoms with Crippen molar-refractivity contribution in [2.24, 2.45) is 0 Å². The topological polar surface area (TPSA) is 103 Å². The standard InChI is InChI=1S/C13H10N2O4S/c16-10-7-6-9-12(15-13(14-9)20(17,18)19)11(10)8-4-2-1-3-5-8/h1-7,16H,(H,14,15)(H,17,18,19). The molecule has 0 bridgehead atoms. The first-order valence-corrected chi connectivity index (χ1v) is 7.15. The zero-order chi connectivity index (χ0) is 14.3. The van der Waals surface area contributed by atoms with E-state index in [0.29, 0.717) is 22.2 Å². The number of aromatic hydroxyl groups is 1. The maximum Gasteiger partial charge on any atom is 0.328 e. The predicted octanol–water partition coefficient (Wildman–Crippen LogP) is 2.18. The second-order valence-corrected chi connectivity index (χ2v) is 5.57. The molecular weight excluding hydrogens is 280 g/mol. The van der Waals surface area contributed by atoms with Gasteiger partial charge in [0.15, 0.2) is 0 Å². The van der Waals surface area contributed by atoms with Crippen molar-refractivity contribution in [1.82, 2.24) is 9.97 Å². The Kier molecular flexibility index (Phi) is 2.73. The molecule has 0 amide bonds. The molecule has 0 aliphatic rings. The van der Waals surface area contributed by atoms with E-state index in [1.807, 2.05) is 6.07 Å². The molecule has 7 heteroatoms. The van der Waals surface area contributed by atoms with E-state index in [1.54, 1.807) is 24.3 Å². The molecular formula is C13H10N2O4S. The van der Waals surface area contributed by atoms with Crippen molar-refractivity contribution in [2.45, 2.75) is 5.16 Å². The highest BCUT2D eigenvalue weighted by molar-refractivity contribution is 7.85. The summed E-state index contributed by atoms with van der Waals surface area (Å²) in [6, 6.07) is 11.9. The summed E-state index contributed by atoms with van der Waals surface area (Å²) < 4.78 is 31.3. The molecule has 20 heavy (non-hydrogen) atoms. The van der Waals surface area contributed by atoms with Crippen LogP contribution in [0.2, 0.25) is 0 Å². The number of phenolic OH excluding ortho intramolecular Hbond substituents is 1. The van der Waals surface area contributed by atoms with Gasteiger partial charge in [0.25, 0.3) is 5.16 Å². The molecule has 1 aromatic heterocycles. The normalized spacial score (nSPS) is 11.8. The summed E-state index contributed by atoms with van der Waals surface area (Å²) >= 11 is 0. The van der Waals surface area contributed by atoms with Crippen molar-refractivity contribution in [3.63, 3.8) is 0 Å². The van der Waals surface area contributed by atoms with E-state index in [1.165, 1.54) is 12.1 Å². The van der Waals surface area contributed by atoms with Crippen LogP contribution in [0.5, 0.6) is 5.75 Å². The van der Waals surface area contributed by atoms with E-state index in [4.69, 9.17) is 4.55 Å². The van der Waals surface area contributed by atoms with Crippen LogP contribution in [0.15, 0.2) is 47.6 Å². The number of hydrogen-bond donors (Lipinski definition) is 3. The molecule has 0 aliphatic heterocycles. The Bertz CT molecular complexity index is 885. The van der Waals surface area contributed by atoms with Gasteiger partial charge in [0.1, 0.15) is 5.75 Å². The molecule has 0 spiro atoms. The molecule has 0 saturated heterocycles. The van der Waals surface area contributed by atoms with Crippen LogP contribution in [-0.4, -0.2) is 28.0 Å². The lowest BCUT2D eigenvalue weighted by Crippen LogP contribution is -1.99. The van der Waals surface area contributed by atoms with Crippen LogP contribution in [0.3, 0.4) is 0 Å². The number of phenols is 1. The zero-order valence-electron chi connectivity index (χ0n) is 10.1. The Morgan fingerprint density at radius 3 is 2.40 bits per heavy atom. The van der Waals surface area contributed by atoms with Crippen LogP contribution >= 0.6 is 0 Å². The van der Waals surface area contributed by atoms with E-state index in [0.717, 1.165) is 0 Å². The smallest absolute Gasteiger partial charge is 0.328 e. The third-order valence-electron chi connectivity index (χ3n) is 2.92. The number of nitrogens with zero attached hydrogens (tertiary/aromatic N) is 1. The Balaban J connectivity index is 2.37. The summed E-state index contributed by atoms with van der Waals surface area (Å²) in [6.45, 7) is 0. The minimum absolute atomic E-state index is 0.00534. The molecule has 0 radical (unpaired) electrons. The molecule has 0 aliphatic carbocycles. The zero-order valence-corrected chi connectivity index (χ0v) is 10.9. The maximum atomic E-state index is 11.1. The molecule has 3 rings (SSSR count). The highest BCUT2D eigenvalue weighted by Crippen LogP contribution is 2.35. The van der Waals surface area contributed by atoms with Crippen molar-refractivity contribution in [1.29, 1.82) is 0 Å². The van der Waals surface area contributed by atoms with Gasteiger partial charge in [0.05, 0.1) is 11.0 Å². The van der Waals surface area contributed by atoms with Crippen molar-refractivity contribution in [3.05, 3.63) is 42.5 Å². The van der Waals surface area contributed by atoms with Crippen molar-refractivity contribution >= 4 is 21.2 Å². The van der Waals surface area contributed by atoms with E-state index in [9.17, 15) is 13.5 Å². The van der Waals surface area contributed by atoms with Gasteiger partial charge in [-0.1, -0.05) is 30.3 Å². The van der Waals surface area contributed by atoms with Crippen molar-refractivity contribution in [2.75, 3.05) is 0 Å². The monoisotopic (exact) mass is 290 g/mol. The first-order valence-electron chi connectivity index (χ1n) is 5.71. The Morgan fingerprint density at radius 1 is 1.05 bits per heavy atom. The van der Waals surface area contributed by atoms with Gasteiger partial charge >= 0.3 is 10.1 Å². The van der Waals surface area contributed by atoms with Gasteiger partial charge in [-0.15, -0.1) is 0 Å². The Hall–Kier alpha value is -2.38. The molecule has 3 aromatic rings. The van der Waals surface area contributed by atoms with Crippen LogP contribution in [0.4, 0.5) is 0 Å². The van der Waals surface area contributed by atoms with Crippen LogP contribution < -0.4 is 0 Å². The van der Waals surface area contributed by atoms with Gasteiger partial charge in [0, 0.05) is 5.56 Å². The Morgan fingerprint density at radius 2 is 1.75 bits per heavy atom. The van der Waals surface area contributed by atoms with Crippen LogP contribution in [0.25, 0.3) is 22.2 Å². The highest BCUT2D eigenvalue weighted by Gasteiger charge is 2.19. The number of aromatic nitrogens is 2. The molecule has 3 N–H and O–H groups in total. The van der Waals surface area contributed by atoms with Gasteiger partial charge in [-0.3, -0.25) is 4.55 Å². The lowest BCUT2D eigenvalue weighted by molar-refractivity contribution is 0.475. The fourth-order valence-electron chi connectivity index (χ4n) is 2.06. The second-order valence-electron chi connectivity index (χ2n) is 4.24. The number of rotatable bonds is 2. The van der Waals surface area contributed by atoms with Crippen LogP contribution in [-0.2, 0) is 10.1 Å². The number of hydrogen-bond acceptors (Lipinski definition) is 4. The fraction of sp³-hybridized carbons (Fsp3) is 0. The highest BCUT2D eigenvalue weighted by atomic mass is 32.2. The first-order chi connectivity index (χ1) is 9.47. The molecule has 0 atom stereocenters. The van der Waals surface area contributed by atoms with Gasteiger partial charge in [0.2, 0.25) is 0 Å². The summed E-state index contributed by atoms with van der Waals surface area (Å²) in [7, 11) is -4.42.